The van der Waals surface area contributed by atoms with Gasteiger partial charge in [0.05, 0.1) is 37.5 Å². The van der Waals surface area contributed by atoms with Crippen LogP contribution in [0.25, 0.3) is 5.76 Å². The molecule has 0 aliphatic carbocycles. The van der Waals surface area contributed by atoms with E-state index in [1.807, 2.05) is 45.0 Å². The van der Waals surface area contributed by atoms with Gasteiger partial charge in [0.1, 0.15) is 17.3 Å². The van der Waals surface area contributed by atoms with Crippen molar-refractivity contribution in [1.82, 2.24) is 9.80 Å². The van der Waals surface area contributed by atoms with E-state index in [1.165, 1.54) is 0 Å². The molecule has 2 heterocycles. The van der Waals surface area contributed by atoms with Crippen molar-refractivity contribution >= 4 is 17.4 Å². The van der Waals surface area contributed by atoms with Crippen molar-refractivity contribution in [3.8, 4) is 11.5 Å². The number of ketones is 1. The van der Waals surface area contributed by atoms with Crippen molar-refractivity contribution in [1.29, 1.82) is 0 Å². The van der Waals surface area contributed by atoms with Gasteiger partial charge in [-0.2, -0.15) is 0 Å². The summed E-state index contributed by atoms with van der Waals surface area (Å²) in [4.78, 5) is 30.2. The Balaban J connectivity index is 1.70. The number of benzene rings is 2. The molecule has 0 bridgehead atoms. The van der Waals surface area contributed by atoms with Crippen molar-refractivity contribution in [3.63, 3.8) is 0 Å². The van der Waals surface area contributed by atoms with E-state index in [-0.39, 0.29) is 17.4 Å². The van der Waals surface area contributed by atoms with Crippen LogP contribution in [0.3, 0.4) is 0 Å². The minimum Gasteiger partial charge on any atom is -0.507 e. The van der Waals surface area contributed by atoms with Gasteiger partial charge >= 0.3 is 0 Å². The number of carbonyl (C=O) groups excluding carboxylic acids is 2. The van der Waals surface area contributed by atoms with E-state index in [1.54, 1.807) is 29.2 Å². The van der Waals surface area contributed by atoms with Gasteiger partial charge in [-0.1, -0.05) is 12.1 Å². The summed E-state index contributed by atoms with van der Waals surface area (Å²) in [6.07, 6.45) is 0.0228. The predicted octanol–water partition coefficient (Wildman–Crippen LogP) is 3.63. The number of hydrogen-bond acceptors (Lipinski definition) is 7. The number of rotatable bonds is 9. The second kappa shape index (κ2) is 11.6. The van der Waals surface area contributed by atoms with Crippen LogP contribution >= 0.6 is 0 Å². The van der Waals surface area contributed by atoms with Gasteiger partial charge in [0.15, 0.2) is 0 Å². The Labute approximate surface area is 212 Å². The molecule has 2 aromatic carbocycles. The van der Waals surface area contributed by atoms with Crippen LogP contribution in [0.1, 0.15) is 37.9 Å². The summed E-state index contributed by atoms with van der Waals surface area (Å²) < 4.78 is 16.7. The molecule has 2 aliphatic heterocycles. The van der Waals surface area contributed by atoms with Crippen LogP contribution in [0.2, 0.25) is 0 Å². The Morgan fingerprint density at radius 3 is 2.25 bits per heavy atom. The van der Waals surface area contributed by atoms with Gasteiger partial charge in [0.25, 0.3) is 11.7 Å². The van der Waals surface area contributed by atoms with Gasteiger partial charge in [0.2, 0.25) is 0 Å². The molecule has 0 radical (unpaired) electrons. The van der Waals surface area contributed by atoms with E-state index in [0.717, 1.165) is 18.7 Å². The molecular formula is C28H34N2O6. The number of hydrogen-bond donors (Lipinski definition) is 1. The molecule has 0 unspecified atom stereocenters. The van der Waals surface area contributed by atoms with Crippen LogP contribution < -0.4 is 9.47 Å². The lowest BCUT2D eigenvalue weighted by Gasteiger charge is -2.31. The number of ether oxygens (including phenoxy) is 3. The van der Waals surface area contributed by atoms with Crippen LogP contribution in [0, 0.1) is 0 Å². The van der Waals surface area contributed by atoms with Gasteiger partial charge in [-0.15, -0.1) is 0 Å². The number of amides is 1. The zero-order valence-electron chi connectivity index (χ0n) is 21.1. The van der Waals surface area contributed by atoms with Gasteiger partial charge in [-0.05, 0) is 62.7 Å². The second-order valence-electron chi connectivity index (χ2n) is 9.14. The third-order valence-electron chi connectivity index (χ3n) is 6.31. The van der Waals surface area contributed by atoms with Crippen LogP contribution in [0.5, 0.6) is 11.5 Å². The number of aliphatic hydroxyl groups excluding tert-OH is 1. The summed E-state index contributed by atoms with van der Waals surface area (Å²) in [6.45, 7) is 10.2. The fourth-order valence-electron chi connectivity index (χ4n) is 4.56. The molecule has 0 saturated carbocycles. The fraction of sp³-hybridized carbons (Fsp3) is 0.429. The van der Waals surface area contributed by atoms with Crippen molar-refractivity contribution < 1.29 is 28.9 Å². The van der Waals surface area contributed by atoms with Crippen molar-refractivity contribution in [3.05, 3.63) is 65.2 Å². The smallest absolute Gasteiger partial charge is 0.295 e. The molecule has 4 rings (SSSR count). The standard InChI is InChI=1S/C28H34N2O6/c1-4-35-22-9-7-21(8-10-22)26(31)24-25(20-5-11-23(12-6-20)36-19(2)3)30(28(33)27(24)32)14-13-29-15-17-34-18-16-29/h5-12,19,25,31H,4,13-18H2,1-3H3/b26-24+/t25-/m1/s1. The maximum atomic E-state index is 13.3. The lowest BCUT2D eigenvalue weighted by molar-refractivity contribution is -0.140. The lowest BCUT2D eigenvalue weighted by Crippen LogP contribution is -2.42. The Morgan fingerprint density at radius 2 is 1.64 bits per heavy atom. The van der Waals surface area contributed by atoms with E-state index in [9.17, 15) is 14.7 Å². The highest BCUT2D eigenvalue weighted by Crippen LogP contribution is 2.40. The third kappa shape index (κ3) is 5.71. The van der Waals surface area contributed by atoms with Crippen molar-refractivity contribution in [2.75, 3.05) is 46.0 Å². The quantitative estimate of drug-likeness (QED) is 0.324. The highest BCUT2D eigenvalue weighted by molar-refractivity contribution is 6.46. The number of morpholine rings is 1. The molecule has 8 nitrogen and oxygen atoms in total. The summed E-state index contributed by atoms with van der Waals surface area (Å²) in [7, 11) is 0. The number of nitrogens with zero attached hydrogens (tertiary/aromatic N) is 2. The maximum absolute atomic E-state index is 13.3. The first-order valence-corrected chi connectivity index (χ1v) is 12.5. The van der Waals surface area contributed by atoms with E-state index >= 15 is 0 Å². The third-order valence-corrected chi connectivity index (χ3v) is 6.31. The van der Waals surface area contributed by atoms with Crippen LogP contribution in [-0.2, 0) is 14.3 Å². The van der Waals surface area contributed by atoms with E-state index in [4.69, 9.17) is 14.2 Å². The van der Waals surface area contributed by atoms with Gasteiger partial charge < -0.3 is 24.2 Å². The van der Waals surface area contributed by atoms with Crippen LogP contribution in [0.15, 0.2) is 54.1 Å². The fourth-order valence-corrected chi connectivity index (χ4v) is 4.56. The summed E-state index contributed by atoms with van der Waals surface area (Å²) in [5, 5.41) is 11.3. The zero-order valence-corrected chi connectivity index (χ0v) is 21.1. The molecule has 2 saturated heterocycles. The van der Waals surface area contributed by atoms with Gasteiger partial charge in [-0.25, -0.2) is 0 Å². The number of carbonyl (C=O) groups is 2. The predicted molar refractivity (Wildman–Crippen MR) is 136 cm³/mol. The molecule has 36 heavy (non-hydrogen) atoms. The highest BCUT2D eigenvalue weighted by atomic mass is 16.5. The molecule has 8 heteroatoms. The molecule has 192 valence electrons. The summed E-state index contributed by atoms with van der Waals surface area (Å²) in [5.41, 5.74) is 1.28. The molecular weight excluding hydrogens is 460 g/mol. The molecule has 0 spiro atoms. The Hall–Kier alpha value is -3.36. The first-order chi connectivity index (χ1) is 17.4. The minimum atomic E-state index is -0.703. The van der Waals surface area contributed by atoms with E-state index in [0.29, 0.717) is 50.0 Å². The minimum absolute atomic E-state index is 0.0228. The molecule has 2 fully saturated rings. The second-order valence-corrected chi connectivity index (χ2v) is 9.14. The SMILES string of the molecule is CCOc1ccc(/C(O)=C2\C(=O)C(=O)N(CCN3CCOCC3)[C@@H]2c2ccc(OC(C)C)cc2)cc1. The van der Waals surface area contributed by atoms with E-state index < -0.39 is 17.7 Å². The van der Waals surface area contributed by atoms with Crippen LogP contribution in [0.4, 0.5) is 0 Å². The topological polar surface area (TPSA) is 88.5 Å². The number of Topliss-reactive ketones (excluding diaryl/α,β-unsaturated/α-hetero) is 1. The van der Waals surface area contributed by atoms with Gasteiger partial charge in [-0.3, -0.25) is 14.5 Å². The highest BCUT2D eigenvalue weighted by Gasteiger charge is 2.46. The molecule has 1 amide bonds. The lowest BCUT2D eigenvalue weighted by atomic mass is 9.95. The van der Waals surface area contributed by atoms with E-state index in [2.05, 4.69) is 4.90 Å². The summed E-state index contributed by atoms with van der Waals surface area (Å²) in [5.74, 6) is -0.125. The average Bonchev–Trinajstić information content (AvgIpc) is 3.13. The number of likely N-dealkylation sites (tertiary alicyclic amines) is 1. The monoisotopic (exact) mass is 494 g/mol. The average molecular weight is 495 g/mol. The Bertz CT molecular complexity index is 1090. The Kier molecular flexibility index (Phi) is 8.28. The summed E-state index contributed by atoms with van der Waals surface area (Å²) >= 11 is 0. The first-order valence-electron chi connectivity index (χ1n) is 12.5. The molecule has 1 N–H and O–H groups in total. The van der Waals surface area contributed by atoms with Crippen molar-refractivity contribution in [2.24, 2.45) is 0 Å². The molecule has 2 aliphatic rings. The zero-order chi connectivity index (χ0) is 25.7. The molecule has 1 atom stereocenters. The first kappa shape index (κ1) is 25.7. The largest absolute Gasteiger partial charge is 0.507 e. The maximum Gasteiger partial charge on any atom is 0.295 e. The summed E-state index contributed by atoms with van der Waals surface area (Å²) in [6, 6.07) is 13.5. The van der Waals surface area contributed by atoms with Crippen molar-refractivity contribution in [2.45, 2.75) is 32.9 Å². The molecule has 2 aromatic rings. The Morgan fingerprint density at radius 1 is 1.00 bits per heavy atom. The normalized spacial score (nSPS) is 20.2. The van der Waals surface area contributed by atoms with Crippen LogP contribution in [-0.4, -0.2) is 78.7 Å². The number of aliphatic hydroxyl groups is 1. The van der Waals surface area contributed by atoms with Gasteiger partial charge in [0, 0.05) is 31.7 Å². The molecule has 0 aromatic heterocycles.